The van der Waals surface area contributed by atoms with Gasteiger partial charge in [-0.3, -0.25) is 0 Å². The number of fused-ring (bicyclic) bond motifs is 1. The molecule has 88 valence electrons. The van der Waals surface area contributed by atoms with Crippen LogP contribution in [0.4, 0.5) is 0 Å². The third-order valence-electron chi connectivity index (χ3n) is 3.23. The second-order valence-corrected chi connectivity index (χ2v) is 4.38. The maximum atomic E-state index is 9.73. The minimum Gasteiger partial charge on any atom is -0.389 e. The highest BCUT2D eigenvalue weighted by molar-refractivity contribution is 5.16. The fourth-order valence-electron chi connectivity index (χ4n) is 2.16. The Kier molecular flexibility index (Phi) is 3.27. The van der Waals surface area contributed by atoms with Gasteiger partial charge in [-0.05, 0) is 6.42 Å². The van der Waals surface area contributed by atoms with E-state index in [1.807, 2.05) is 0 Å². The van der Waals surface area contributed by atoms with Gasteiger partial charge in [-0.15, -0.1) is 0 Å². The Hall–Kier alpha value is -0.200. The molecular weight excluding hydrogens is 198 g/mol. The van der Waals surface area contributed by atoms with Crippen LogP contribution in [0, 0.1) is 0 Å². The van der Waals surface area contributed by atoms with Crippen molar-refractivity contribution in [2.24, 2.45) is 0 Å². The predicted octanol–water partition coefficient (Wildman–Crippen LogP) is -1.39. The maximum Gasteiger partial charge on any atom is 0.110 e. The average molecular weight is 217 g/mol. The van der Waals surface area contributed by atoms with Crippen LogP contribution in [-0.2, 0) is 4.74 Å². The SMILES string of the molecule is CCCCO[C@H]1C2NC2[C@H](O)[C@@H](O)[C@@H]1O. The Morgan fingerprint density at radius 1 is 1.07 bits per heavy atom. The van der Waals surface area contributed by atoms with E-state index in [4.69, 9.17) is 4.74 Å². The highest BCUT2D eigenvalue weighted by Gasteiger charge is 2.58. The average Bonchev–Trinajstić information content (AvgIpc) is 3.00. The second kappa shape index (κ2) is 4.35. The molecule has 1 aliphatic carbocycles. The molecule has 0 amide bonds. The molecule has 0 aromatic carbocycles. The zero-order valence-electron chi connectivity index (χ0n) is 8.84. The van der Waals surface area contributed by atoms with E-state index in [-0.39, 0.29) is 18.2 Å². The number of hydrogen-bond donors (Lipinski definition) is 4. The Balaban J connectivity index is 1.89. The molecule has 1 saturated carbocycles. The van der Waals surface area contributed by atoms with Gasteiger partial charge in [0.25, 0.3) is 0 Å². The van der Waals surface area contributed by atoms with Crippen LogP contribution in [0.1, 0.15) is 19.8 Å². The summed E-state index contributed by atoms with van der Waals surface area (Å²) in [6.45, 7) is 2.66. The lowest BCUT2D eigenvalue weighted by Gasteiger charge is -2.33. The number of nitrogens with one attached hydrogen (secondary N) is 1. The van der Waals surface area contributed by atoms with E-state index in [1.54, 1.807) is 0 Å². The lowest BCUT2D eigenvalue weighted by atomic mass is 9.89. The molecule has 4 N–H and O–H groups in total. The van der Waals surface area contributed by atoms with Crippen LogP contribution in [0.15, 0.2) is 0 Å². The molecule has 1 heterocycles. The summed E-state index contributed by atoms with van der Waals surface area (Å²) in [6.07, 6.45) is -1.38. The predicted molar refractivity (Wildman–Crippen MR) is 53.4 cm³/mol. The van der Waals surface area contributed by atoms with Crippen LogP contribution >= 0.6 is 0 Å². The van der Waals surface area contributed by atoms with Crippen molar-refractivity contribution in [1.82, 2.24) is 5.32 Å². The monoisotopic (exact) mass is 217 g/mol. The topological polar surface area (TPSA) is 91.9 Å². The normalized spacial score (nSPS) is 48.8. The van der Waals surface area contributed by atoms with Crippen LogP contribution in [-0.4, -0.2) is 58.4 Å². The van der Waals surface area contributed by atoms with Gasteiger partial charge in [0.05, 0.1) is 18.2 Å². The molecule has 2 fully saturated rings. The molecule has 1 saturated heterocycles. The Bertz CT molecular complexity index is 225. The van der Waals surface area contributed by atoms with Crippen molar-refractivity contribution in [2.45, 2.75) is 56.3 Å². The molecule has 0 spiro atoms. The van der Waals surface area contributed by atoms with Gasteiger partial charge in [0.1, 0.15) is 18.3 Å². The van der Waals surface area contributed by atoms with E-state index < -0.39 is 18.3 Å². The van der Waals surface area contributed by atoms with Gasteiger partial charge < -0.3 is 25.4 Å². The summed E-state index contributed by atoms with van der Waals surface area (Å²) in [5.74, 6) is 0. The van der Waals surface area contributed by atoms with Crippen LogP contribution in [0.25, 0.3) is 0 Å². The zero-order chi connectivity index (χ0) is 11.0. The fourth-order valence-corrected chi connectivity index (χ4v) is 2.16. The molecule has 0 aromatic rings. The van der Waals surface area contributed by atoms with Gasteiger partial charge >= 0.3 is 0 Å². The lowest BCUT2D eigenvalue weighted by molar-refractivity contribution is -0.140. The minimum atomic E-state index is -1.10. The van der Waals surface area contributed by atoms with E-state index in [1.165, 1.54) is 0 Å². The minimum absolute atomic E-state index is 0.00439. The summed E-state index contributed by atoms with van der Waals surface area (Å²) < 4.78 is 5.52. The fraction of sp³-hybridized carbons (Fsp3) is 1.00. The van der Waals surface area contributed by atoms with Crippen LogP contribution in [0.5, 0.6) is 0 Å². The second-order valence-electron chi connectivity index (χ2n) is 4.38. The lowest BCUT2D eigenvalue weighted by Crippen LogP contribution is -2.54. The molecule has 0 bridgehead atoms. The van der Waals surface area contributed by atoms with Gasteiger partial charge in [-0.25, -0.2) is 0 Å². The highest BCUT2D eigenvalue weighted by Crippen LogP contribution is 2.32. The quantitative estimate of drug-likeness (QED) is 0.344. The first-order valence-electron chi connectivity index (χ1n) is 5.58. The number of aliphatic hydroxyl groups is 3. The number of rotatable bonds is 4. The Labute approximate surface area is 89.1 Å². The van der Waals surface area contributed by atoms with E-state index in [0.29, 0.717) is 6.61 Å². The van der Waals surface area contributed by atoms with Crippen LogP contribution in [0.3, 0.4) is 0 Å². The van der Waals surface area contributed by atoms with E-state index >= 15 is 0 Å². The number of hydrogen-bond acceptors (Lipinski definition) is 5. The Morgan fingerprint density at radius 3 is 2.47 bits per heavy atom. The van der Waals surface area contributed by atoms with Crippen molar-refractivity contribution < 1.29 is 20.1 Å². The third-order valence-corrected chi connectivity index (χ3v) is 3.23. The van der Waals surface area contributed by atoms with Gasteiger partial charge in [0.15, 0.2) is 0 Å². The summed E-state index contributed by atoms with van der Waals surface area (Å²) in [4.78, 5) is 0. The first kappa shape index (κ1) is 11.3. The van der Waals surface area contributed by atoms with Crippen LogP contribution in [0.2, 0.25) is 0 Å². The molecule has 6 atom stereocenters. The zero-order valence-corrected chi connectivity index (χ0v) is 8.84. The summed E-state index contributed by atoms with van der Waals surface area (Å²) in [5.41, 5.74) is 0. The Morgan fingerprint density at radius 2 is 1.80 bits per heavy atom. The number of ether oxygens (including phenoxy) is 1. The molecule has 5 heteroatoms. The molecule has 2 aliphatic rings. The molecule has 1 aliphatic heterocycles. The summed E-state index contributed by atoms with van der Waals surface area (Å²) in [6, 6.07) is -0.120. The molecule has 0 aromatic heterocycles. The first-order valence-corrected chi connectivity index (χ1v) is 5.58. The van der Waals surface area contributed by atoms with Crippen molar-refractivity contribution in [3.8, 4) is 0 Å². The standard InChI is InChI=1S/C10H19NO4/c1-2-3-4-15-10-6-5(11-6)7(12)8(13)9(10)14/h5-14H,2-4H2,1H3/t5?,6?,7-,8+,9-,10-/m0/s1. The molecule has 2 unspecified atom stereocenters. The summed E-state index contributed by atoms with van der Waals surface area (Å²) >= 11 is 0. The largest absolute Gasteiger partial charge is 0.389 e. The van der Waals surface area contributed by atoms with Crippen molar-refractivity contribution in [2.75, 3.05) is 6.61 Å². The van der Waals surface area contributed by atoms with E-state index in [2.05, 4.69) is 12.2 Å². The van der Waals surface area contributed by atoms with Gasteiger partial charge in [0.2, 0.25) is 0 Å². The van der Waals surface area contributed by atoms with Crippen molar-refractivity contribution >= 4 is 0 Å². The molecule has 2 rings (SSSR count). The smallest absolute Gasteiger partial charge is 0.110 e. The van der Waals surface area contributed by atoms with Crippen molar-refractivity contribution in [1.29, 1.82) is 0 Å². The first-order chi connectivity index (χ1) is 7.16. The molecule has 15 heavy (non-hydrogen) atoms. The van der Waals surface area contributed by atoms with Crippen molar-refractivity contribution in [3.63, 3.8) is 0 Å². The van der Waals surface area contributed by atoms with Gasteiger partial charge in [0, 0.05) is 6.61 Å². The summed E-state index contributed by atoms with van der Waals surface area (Å²) in [5, 5.41) is 31.8. The highest BCUT2D eigenvalue weighted by atomic mass is 16.5. The summed E-state index contributed by atoms with van der Waals surface area (Å²) in [7, 11) is 0. The number of unbranched alkanes of at least 4 members (excludes halogenated alkanes) is 1. The molecule has 0 radical (unpaired) electrons. The van der Waals surface area contributed by atoms with E-state index in [0.717, 1.165) is 12.8 Å². The van der Waals surface area contributed by atoms with E-state index in [9.17, 15) is 15.3 Å². The number of aliphatic hydroxyl groups excluding tert-OH is 3. The maximum absolute atomic E-state index is 9.73. The van der Waals surface area contributed by atoms with Crippen molar-refractivity contribution in [3.05, 3.63) is 0 Å². The van der Waals surface area contributed by atoms with Gasteiger partial charge in [-0.2, -0.15) is 0 Å². The molecular formula is C10H19NO4. The van der Waals surface area contributed by atoms with Gasteiger partial charge in [-0.1, -0.05) is 13.3 Å². The molecule has 5 nitrogen and oxygen atoms in total. The third kappa shape index (κ3) is 2.03. The van der Waals surface area contributed by atoms with Crippen LogP contribution < -0.4 is 5.32 Å².